The van der Waals surface area contributed by atoms with E-state index in [0.29, 0.717) is 6.54 Å². The molecule has 134 valence electrons. The van der Waals surface area contributed by atoms with E-state index >= 15 is 0 Å². The maximum absolute atomic E-state index is 12.6. The lowest BCUT2D eigenvalue weighted by Crippen LogP contribution is -2.52. The number of amides is 1. The van der Waals surface area contributed by atoms with Gasteiger partial charge in [-0.25, -0.2) is 0 Å². The summed E-state index contributed by atoms with van der Waals surface area (Å²) in [5.41, 5.74) is 4.05. The average molecular weight is 332 g/mol. The molecule has 0 N–H and O–H groups in total. The molecule has 0 bridgehead atoms. The van der Waals surface area contributed by atoms with Crippen molar-refractivity contribution in [2.24, 2.45) is 0 Å². The maximum Gasteiger partial charge on any atom is 0.237 e. The van der Waals surface area contributed by atoms with Crippen molar-refractivity contribution in [2.45, 2.75) is 53.6 Å². The average Bonchev–Trinajstić information content (AvgIpc) is 2.50. The van der Waals surface area contributed by atoms with Gasteiger partial charge in [0.15, 0.2) is 0 Å². The molecule has 0 radical (unpaired) electrons. The van der Waals surface area contributed by atoms with Crippen LogP contribution in [0.1, 0.15) is 38.8 Å². The minimum Gasteiger partial charge on any atom is -0.369 e. The van der Waals surface area contributed by atoms with E-state index in [-0.39, 0.29) is 18.0 Å². The van der Waals surface area contributed by atoms with Crippen molar-refractivity contribution in [3.05, 3.63) is 29.3 Å². The third-order valence-electron chi connectivity index (χ3n) is 5.05. The highest BCUT2D eigenvalue weighted by atomic mass is 16.2. The molecule has 0 aromatic heterocycles. The summed E-state index contributed by atoms with van der Waals surface area (Å²) in [6, 6.07) is 7.03. The second kappa shape index (κ2) is 8.02. The molecule has 0 atom stereocenters. The van der Waals surface area contributed by atoms with Gasteiger partial charge in [-0.1, -0.05) is 12.1 Å². The first-order chi connectivity index (χ1) is 11.3. The van der Waals surface area contributed by atoms with Gasteiger partial charge in [0.05, 0.1) is 6.54 Å². The zero-order valence-electron chi connectivity index (χ0n) is 16.2. The Labute approximate surface area is 147 Å². The van der Waals surface area contributed by atoms with Gasteiger partial charge in [-0.15, -0.1) is 0 Å². The first-order valence-corrected chi connectivity index (χ1v) is 9.16. The number of carbonyl (C=O) groups excluding carboxylic acids is 1. The first kappa shape index (κ1) is 18.8. The number of hydrogen-bond donors (Lipinski definition) is 0. The predicted octanol–water partition coefficient (Wildman–Crippen LogP) is 3.07. The van der Waals surface area contributed by atoms with Gasteiger partial charge in [0, 0.05) is 44.0 Å². The van der Waals surface area contributed by atoms with Crippen molar-refractivity contribution < 1.29 is 4.79 Å². The zero-order valence-corrected chi connectivity index (χ0v) is 16.2. The van der Waals surface area contributed by atoms with Crippen LogP contribution in [-0.4, -0.2) is 60.5 Å². The van der Waals surface area contributed by atoms with Gasteiger partial charge in [-0.05, 0) is 58.7 Å². The van der Waals surface area contributed by atoms with E-state index in [9.17, 15) is 4.79 Å². The van der Waals surface area contributed by atoms with Gasteiger partial charge in [-0.3, -0.25) is 9.69 Å². The van der Waals surface area contributed by atoms with E-state index in [2.05, 4.69) is 69.5 Å². The lowest BCUT2D eigenvalue weighted by atomic mass is 10.1. The summed E-state index contributed by atoms with van der Waals surface area (Å²) in [6.07, 6.45) is 0. The van der Waals surface area contributed by atoms with Crippen molar-refractivity contribution >= 4 is 11.6 Å². The van der Waals surface area contributed by atoms with E-state index < -0.39 is 0 Å². The summed E-state index contributed by atoms with van der Waals surface area (Å²) >= 11 is 0. The van der Waals surface area contributed by atoms with Gasteiger partial charge < -0.3 is 9.80 Å². The summed E-state index contributed by atoms with van der Waals surface area (Å²) in [5.74, 6) is 0.250. The molecular formula is C20H33N3O. The van der Waals surface area contributed by atoms with Gasteiger partial charge in [0.1, 0.15) is 0 Å². The Bertz CT molecular complexity index is 552. The van der Waals surface area contributed by atoms with Crippen LogP contribution in [-0.2, 0) is 4.79 Å². The van der Waals surface area contributed by atoms with Crippen molar-refractivity contribution in [1.82, 2.24) is 9.80 Å². The first-order valence-electron chi connectivity index (χ1n) is 9.16. The van der Waals surface area contributed by atoms with Crippen molar-refractivity contribution in [1.29, 1.82) is 0 Å². The summed E-state index contributed by atoms with van der Waals surface area (Å²) in [7, 11) is 0. The molecule has 1 aromatic carbocycles. The fraction of sp³-hybridized carbons (Fsp3) is 0.650. The number of rotatable bonds is 5. The molecule has 1 aromatic rings. The summed E-state index contributed by atoms with van der Waals surface area (Å²) in [4.78, 5) is 19.4. The number of aryl methyl sites for hydroxylation is 1. The lowest BCUT2D eigenvalue weighted by Gasteiger charge is -2.38. The minimum atomic E-state index is 0.250. The van der Waals surface area contributed by atoms with Crippen LogP contribution in [0.3, 0.4) is 0 Å². The van der Waals surface area contributed by atoms with E-state index in [1.54, 1.807) is 0 Å². The molecule has 0 spiro atoms. The van der Waals surface area contributed by atoms with Crippen LogP contribution in [0.5, 0.6) is 0 Å². The highest BCUT2D eigenvalue weighted by molar-refractivity contribution is 5.79. The fourth-order valence-corrected chi connectivity index (χ4v) is 3.67. The number of anilines is 1. The molecule has 0 unspecified atom stereocenters. The third-order valence-corrected chi connectivity index (χ3v) is 5.05. The van der Waals surface area contributed by atoms with E-state index in [1.165, 1.54) is 16.8 Å². The van der Waals surface area contributed by atoms with E-state index in [0.717, 1.165) is 26.2 Å². The predicted molar refractivity (Wildman–Crippen MR) is 102 cm³/mol. The Morgan fingerprint density at radius 2 is 1.62 bits per heavy atom. The summed E-state index contributed by atoms with van der Waals surface area (Å²) in [6.45, 7) is 17.1. The Balaban J connectivity index is 1.93. The second-order valence-electron chi connectivity index (χ2n) is 7.47. The number of piperazine rings is 1. The molecule has 4 heteroatoms. The largest absolute Gasteiger partial charge is 0.369 e. The van der Waals surface area contributed by atoms with E-state index in [4.69, 9.17) is 0 Å². The quantitative estimate of drug-likeness (QED) is 0.830. The summed E-state index contributed by atoms with van der Waals surface area (Å²) in [5, 5.41) is 0. The highest BCUT2D eigenvalue weighted by Gasteiger charge is 2.25. The van der Waals surface area contributed by atoms with Crippen LogP contribution in [0.2, 0.25) is 0 Å². The normalized spacial score (nSPS) is 16.1. The van der Waals surface area contributed by atoms with Crippen LogP contribution in [0.15, 0.2) is 18.2 Å². The Morgan fingerprint density at radius 1 is 1.04 bits per heavy atom. The molecule has 1 amide bonds. The number of nitrogens with zero attached hydrogens (tertiary/aromatic N) is 3. The molecule has 1 heterocycles. The van der Waals surface area contributed by atoms with Gasteiger partial charge in [0.25, 0.3) is 0 Å². The standard InChI is InChI=1S/C20H33N3O/c1-15(2)23(16(3)4)20(24)14-21-10-12-22(13-11-21)19-9-7-8-17(5)18(19)6/h7-9,15-16H,10-14H2,1-6H3. The molecule has 1 aliphatic heterocycles. The van der Waals surface area contributed by atoms with Crippen LogP contribution in [0.25, 0.3) is 0 Å². The van der Waals surface area contributed by atoms with Crippen molar-refractivity contribution in [3.8, 4) is 0 Å². The van der Waals surface area contributed by atoms with Gasteiger partial charge in [0.2, 0.25) is 5.91 Å². The van der Waals surface area contributed by atoms with Gasteiger partial charge >= 0.3 is 0 Å². The number of benzene rings is 1. The lowest BCUT2D eigenvalue weighted by molar-refractivity contribution is -0.136. The van der Waals surface area contributed by atoms with Crippen LogP contribution < -0.4 is 4.90 Å². The fourth-order valence-electron chi connectivity index (χ4n) is 3.67. The highest BCUT2D eigenvalue weighted by Crippen LogP contribution is 2.23. The van der Waals surface area contributed by atoms with Crippen LogP contribution >= 0.6 is 0 Å². The van der Waals surface area contributed by atoms with E-state index in [1.807, 2.05) is 4.90 Å². The van der Waals surface area contributed by atoms with Crippen molar-refractivity contribution in [2.75, 3.05) is 37.6 Å². The second-order valence-corrected chi connectivity index (χ2v) is 7.47. The van der Waals surface area contributed by atoms with Crippen molar-refractivity contribution in [3.63, 3.8) is 0 Å². The third kappa shape index (κ3) is 4.29. The zero-order chi connectivity index (χ0) is 17.9. The molecule has 2 rings (SSSR count). The molecule has 1 saturated heterocycles. The van der Waals surface area contributed by atoms with Crippen LogP contribution in [0, 0.1) is 13.8 Å². The molecule has 1 aliphatic rings. The number of carbonyl (C=O) groups is 1. The molecule has 4 nitrogen and oxygen atoms in total. The SMILES string of the molecule is Cc1cccc(N2CCN(CC(=O)N(C(C)C)C(C)C)CC2)c1C. The van der Waals surface area contributed by atoms with Gasteiger partial charge in [-0.2, -0.15) is 0 Å². The number of hydrogen-bond acceptors (Lipinski definition) is 3. The topological polar surface area (TPSA) is 26.8 Å². The summed E-state index contributed by atoms with van der Waals surface area (Å²) < 4.78 is 0. The molecule has 0 saturated carbocycles. The Hall–Kier alpha value is -1.55. The van der Waals surface area contributed by atoms with Crippen LogP contribution in [0.4, 0.5) is 5.69 Å². The Morgan fingerprint density at radius 3 is 2.17 bits per heavy atom. The Kier molecular flexibility index (Phi) is 6.27. The molecular weight excluding hydrogens is 298 g/mol. The smallest absolute Gasteiger partial charge is 0.237 e. The molecule has 0 aliphatic carbocycles. The molecule has 24 heavy (non-hydrogen) atoms. The monoisotopic (exact) mass is 331 g/mol. The maximum atomic E-state index is 12.6. The molecule has 1 fully saturated rings. The minimum absolute atomic E-state index is 0.250.